The third-order valence-electron chi connectivity index (χ3n) is 10.5. The summed E-state index contributed by atoms with van der Waals surface area (Å²) in [5, 5.41) is 0.325. The lowest BCUT2D eigenvalue weighted by atomic mass is 10.1. The van der Waals surface area contributed by atoms with Crippen LogP contribution in [0.25, 0.3) is 16.6 Å². The molecule has 0 unspecified atom stereocenters. The highest BCUT2D eigenvalue weighted by atomic mass is 79.9. The zero-order valence-corrected chi connectivity index (χ0v) is 32.0. The molecule has 1 amide bonds. The van der Waals surface area contributed by atoms with E-state index in [1.54, 1.807) is 23.6 Å². The van der Waals surface area contributed by atoms with Gasteiger partial charge in [-0.15, -0.1) is 0 Å². The molecule has 4 heterocycles. The minimum absolute atomic E-state index is 0. The summed E-state index contributed by atoms with van der Waals surface area (Å²) >= 11 is 0. The first kappa shape index (κ1) is 39.4. The number of ether oxygens (including phenoxy) is 2. The molecular formula is C41H51BrF2N4O4. The molecule has 0 aliphatic carbocycles. The number of benzene rings is 3. The Morgan fingerprint density at radius 1 is 0.808 bits per heavy atom. The average Bonchev–Trinajstić information content (AvgIpc) is 3.14. The Kier molecular flexibility index (Phi) is 13.9. The summed E-state index contributed by atoms with van der Waals surface area (Å²) in [7, 11) is 0. The van der Waals surface area contributed by atoms with Crippen molar-refractivity contribution in [3.63, 3.8) is 0 Å². The summed E-state index contributed by atoms with van der Waals surface area (Å²) in [5.41, 5.74) is 0.702. The zero-order valence-electron chi connectivity index (χ0n) is 30.4. The van der Waals surface area contributed by atoms with Crippen molar-refractivity contribution < 1.29 is 44.5 Å². The summed E-state index contributed by atoms with van der Waals surface area (Å²) in [6.45, 7) is 14.1. The number of hydrogen-bond acceptors (Lipinski definition) is 5. The molecule has 3 fully saturated rings. The number of halogens is 3. The summed E-state index contributed by atoms with van der Waals surface area (Å²) in [6.07, 6.45) is 9.44. The number of aromatic nitrogens is 1. The molecule has 0 spiro atoms. The van der Waals surface area contributed by atoms with Gasteiger partial charge in [-0.25, -0.2) is 8.78 Å². The molecule has 2 bridgehead atoms. The van der Waals surface area contributed by atoms with E-state index in [1.165, 1.54) is 87.1 Å². The van der Waals surface area contributed by atoms with Crippen molar-refractivity contribution in [3.05, 3.63) is 94.3 Å². The lowest BCUT2D eigenvalue weighted by Gasteiger charge is -2.50. The molecule has 0 radical (unpaired) electrons. The van der Waals surface area contributed by atoms with Gasteiger partial charge in [0.2, 0.25) is 5.43 Å². The number of amides is 1. The molecule has 4 aromatic rings. The third-order valence-corrected chi connectivity index (χ3v) is 10.5. The van der Waals surface area contributed by atoms with Crippen molar-refractivity contribution in [3.8, 4) is 17.2 Å². The SMILES string of the molecule is CCCOc1cccc(-n2cc(C(=O)N(CC)c3cc(F)cc(F)c3)c(=O)c3ccc(OCCCCCCCC[N+]45CCN(CC4)CC5)cc32)c1.[Br-]. The fourth-order valence-corrected chi connectivity index (χ4v) is 7.50. The van der Waals surface area contributed by atoms with Crippen LogP contribution < -0.4 is 36.8 Å². The van der Waals surface area contributed by atoms with Crippen molar-refractivity contribution >= 4 is 22.5 Å². The maximum atomic E-state index is 14.1. The van der Waals surface area contributed by atoms with Gasteiger partial charge < -0.3 is 40.4 Å². The number of fused-ring (bicyclic) bond motifs is 4. The summed E-state index contributed by atoms with van der Waals surface area (Å²) < 4.78 is 43.5. The fourth-order valence-electron chi connectivity index (χ4n) is 7.50. The number of carbonyl (C=O) groups excluding carboxylic acids is 1. The van der Waals surface area contributed by atoms with Gasteiger partial charge in [-0.1, -0.05) is 32.3 Å². The van der Waals surface area contributed by atoms with Gasteiger partial charge in [0, 0.05) is 67.3 Å². The van der Waals surface area contributed by atoms with Crippen LogP contribution in [-0.4, -0.2) is 85.4 Å². The monoisotopic (exact) mass is 780 g/mol. The Labute approximate surface area is 316 Å². The summed E-state index contributed by atoms with van der Waals surface area (Å²) in [6, 6.07) is 15.6. The van der Waals surface area contributed by atoms with E-state index < -0.39 is 23.0 Å². The molecule has 7 rings (SSSR count). The predicted molar refractivity (Wildman–Crippen MR) is 198 cm³/mol. The largest absolute Gasteiger partial charge is 1.00 e. The van der Waals surface area contributed by atoms with Crippen LogP contribution in [0, 0.1) is 11.6 Å². The third kappa shape index (κ3) is 9.40. The normalized spacial score (nSPS) is 17.9. The van der Waals surface area contributed by atoms with Crippen molar-refractivity contribution in [2.24, 2.45) is 0 Å². The molecule has 3 aliphatic rings. The quantitative estimate of drug-likeness (QED) is 0.116. The first-order valence-corrected chi connectivity index (χ1v) is 18.7. The summed E-state index contributed by atoms with van der Waals surface area (Å²) in [4.78, 5) is 31.6. The van der Waals surface area contributed by atoms with Crippen LogP contribution in [-0.2, 0) is 0 Å². The molecule has 0 atom stereocenters. The molecule has 3 saturated heterocycles. The maximum absolute atomic E-state index is 14.1. The highest BCUT2D eigenvalue weighted by molar-refractivity contribution is 6.07. The van der Waals surface area contributed by atoms with E-state index in [1.807, 2.05) is 37.3 Å². The van der Waals surface area contributed by atoms with Crippen LogP contribution >= 0.6 is 0 Å². The van der Waals surface area contributed by atoms with E-state index >= 15 is 0 Å². The molecular weight excluding hydrogens is 730 g/mol. The first-order chi connectivity index (χ1) is 24.8. The van der Waals surface area contributed by atoms with Crippen molar-refractivity contribution in [1.82, 2.24) is 9.47 Å². The minimum atomic E-state index is -0.808. The molecule has 280 valence electrons. The Morgan fingerprint density at radius 2 is 1.46 bits per heavy atom. The van der Waals surface area contributed by atoms with E-state index in [0.29, 0.717) is 41.3 Å². The minimum Gasteiger partial charge on any atom is -1.00 e. The molecule has 52 heavy (non-hydrogen) atoms. The van der Waals surface area contributed by atoms with Gasteiger partial charge >= 0.3 is 0 Å². The lowest BCUT2D eigenvalue weighted by Crippen LogP contribution is -3.00. The smallest absolute Gasteiger partial charge is 0.263 e. The molecule has 11 heteroatoms. The Morgan fingerprint density at radius 3 is 2.15 bits per heavy atom. The molecule has 0 N–H and O–H groups in total. The molecule has 8 nitrogen and oxygen atoms in total. The van der Waals surface area contributed by atoms with E-state index in [9.17, 15) is 18.4 Å². The molecule has 3 aromatic carbocycles. The van der Waals surface area contributed by atoms with Crippen molar-refractivity contribution in [2.45, 2.75) is 58.8 Å². The van der Waals surface area contributed by atoms with E-state index in [-0.39, 0.29) is 34.8 Å². The number of pyridine rings is 1. The topological polar surface area (TPSA) is 64.0 Å². The Bertz CT molecular complexity index is 1840. The molecule has 0 saturated carbocycles. The second kappa shape index (κ2) is 18.3. The van der Waals surface area contributed by atoms with Gasteiger partial charge in [0.25, 0.3) is 5.91 Å². The van der Waals surface area contributed by atoms with Crippen LogP contribution in [0.15, 0.2) is 71.7 Å². The maximum Gasteiger partial charge on any atom is 0.263 e. The van der Waals surface area contributed by atoms with Crippen LogP contribution in [0.4, 0.5) is 14.5 Å². The fraction of sp³-hybridized carbons (Fsp3) is 0.463. The Balaban J connectivity index is 0.00000523. The van der Waals surface area contributed by atoms with E-state index in [4.69, 9.17) is 9.47 Å². The number of anilines is 1. The van der Waals surface area contributed by atoms with Crippen molar-refractivity contribution in [1.29, 1.82) is 0 Å². The van der Waals surface area contributed by atoms with Gasteiger partial charge in [-0.05, 0) is 69.0 Å². The summed E-state index contributed by atoms with van der Waals surface area (Å²) in [5.74, 6) is -0.977. The number of hydrogen-bond donors (Lipinski definition) is 0. The van der Waals surface area contributed by atoms with Gasteiger partial charge in [0.15, 0.2) is 0 Å². The van der Waals surface area contributed by atoms with Crippen LogP contribution in [0.5, 0.6) is 11.5 Å². The highest BCUT2D eigenvalue weighted by Crippen LogP contribution is 2.27. The van der Waals surface area contributed by atoms with Gasteiger partial charge in [-0.3, -0.25) is 14.5 Å². The van der Waals surface area contributed by atoms with Gasteiger partial charge in [0.05, 0.1) is 44.9 Å². The molecule has 3 aliphatic heterocycles. The number of piperazine rings is 3. The number of nitrogens with zero attached hydrogens (tertiary/aromatic N) is 4. The zero-order chi connectivity index (χ0) is 35.8. The number of quaternary nitrogens is 1. The van der Waals surface area contributed by atoms with Crippen molar-refractivity contribution in [2.75, 3.05) is 70.5 Å². The van der Waals surface area contributed by atoms with Crippen LogP contribution in [0.1, 0.15) is 69.2 Å². The first-order valence-electron chi connectivity index (χ1n) is 18.7. The van der Waals surface area contributed by atoms with Crippen LogP contribution in [0.3, 0.4) is 0 Å². The predicted octanol–water partition coefficient (Wildman–Crippen LogP) is 4.59. The highest BCUT2D eigenvalue weighted by Gasteiger charge is 2.37. The number of unbranched alkanes of at least 4 members (excludes halogenated alkanes) is 5. The lowest BCUT2D eigenvalue weighted by molar-refractivity contribution is -0.941. The number of rotatable bonds is 17. The second-order valence-electron chi connectivity index (χ2n) is 14.0. The van der Waals surface area contributed by atoms with E-state index in [2.05, 4.69) is 4.90 Å². The standard InChI is InChI=1S/C41H51F2N4O4.BrH/c1-3-23-50-35-13-11-12-33(28-35)46-30-38(41(49)45(4-2)34-26-31(42)25-32(43)27-34)40(48)37-15-14-36(29-39(37)46)51-24-10-8-6-5-7-9-19-47-20-16-44(17-21-47)18-22-47;/h11-15,25-30H,3-10,16-24H2,1-2H3;1H/q+1;/p-1. The molecule has 1 aromatic heterocycles. The van der Waals surface area contributed by atoms with Gasteiger partial charge in [-0.2, -0.15) is 0 Å². The van der Waals surface area contributed by atoms with Crippen LogP contribution in [0.2, 0.25) is 0 Å². The second-order valence-corrected chi connectivity index (χ2v) is 14.0. The van der Waals surface area contributed by atoms with E-state index in [0.717, 1.165) is 37.5 Å². The average molecular weight is 782 g/mol. The Hall–Kier alpha value is -3.80. The number of carbonyl (C=O) groups is 1. The van der Waals surface area contributed by atoms with Gasteiger partial charge in [0.1, 0.15) is 28.7 Å².